The summed E-state index contributed by atoms with van der Waals surface area (Å²) in [6.07, 6.45) is 2.75. The maximum atomic E-state index is 12.2. The molecular weight excluding hydrogens is 296 g/mol. The standard InChI is InChI=1S/C13H26N2O5S/c1-6-7-8-9(12(17)18)14-11(16)10(13(2,3)4)15-21(5,19)20/h9-10,15H,6-8H2,1-5H3,(H,14,16)(H,17,18). The number of aliphatic carboxylic acids is 1. The third-order valence-corrected chi connectivity index (χ3v) is 3.58. The molecule has 0 saturated carbocycles. The quantitative estimate of drug-likeness (QED) is 0.609. The fourth-order valence-corrected chi connectivity index (χ4v) is 2.65. The molecule has 0 aliphatic rings. The molecule has 124 valence electrons. The van der Waals surface area contributed by atoms with Crippen LogP contribution in [0, 0.1) is 5.41 Å². The van der Waals surface area contributed by atoms with Crippen molar-refractivity contribution in [1.29, 1.82) is 0 Å². The fraction of sp³-hybridized carbons (Fsp3) is 0.846. The van der Waals surface area contributed by atoms with E-state index in [9.17, 15) is 18.0 Å². The molecule has 1 amide bonds. The van der Waals surface area contributed by atoms with E-state index in [4.69, 9.17) is 5.11 Å². The molecule has 0 heterocycles. The zero-order chi connectivity index (χ0) is 16.8. The molecule has 0 aliphatic carbocycles. The van der Waals surface area contributed by atoms with Crippen LogP contribution >= 0.6 is 0 Å². The van der Waals surface area contributed by atoms with E-state index < -0.39 is 39.4 Å². The number of carbonyl (C=O) groups excluding carboxylic acids is 1. The molecule has 0 aliphatic heterocycles. The molecule has 0 rings (SSSR count). The first kappa shape index (κ1) is 19.9. The highest BCUT2D eigenvalue weighted by Gasteiger charge is 2.35. The SMILES string of the molecule is CCCCC(NC(=O)C(NS(C)(=O)=O)C(C)(C)C)C(=O)O. The lowest BCUT2D eigenvalue weighted by molar-refractivity contribution is -0.142. The van der Waals surface area contributed by atoms with Crippen molar-refractivity contribution in [2.24, 2.45) is 5.41 Å². The maximum Gasteiger partial charge on any atom is 0.326 e. The van der Waals surface area contributed by atoms with Gasteiger partial charge in [0.1, 0.15) is 12.1 Å². The largest absolute Gasteiger partial charge is 0.480 e. The minimum Gasteiger partial charge on any atom is -0.480 e. The molecule has 0 aromatic rings. The molecule has 3 N–H and O–H groups in total. The van der Waals surface area contributed by atoms with E-state index in [0.717, 1.165) is 12.7 Å². The van der Waals surface area contributed by atoms with Crippen LogP contribution in [0.3, 0.4) is 0 Å². The van der Waals surface area contributed by atoms with Gasteiger partial charge in [-0.3, -0.25) is 4.79 Å². The van der Waals surface area contributed by atoms with Crippen LogP contribution in [0.5, 0.6) is 0 Å². The van der Waals surface area contributed by atoms with Gasteiger partial charge in [0.15, 0.2) is 0 Å². The Bertz CT molecular complexity index is 467. The molecule has 0 fully saturated rings. The highest BCUT2D eigenvalue weighted by molar-refractivity contribution is 7.88. The fourth-order valence-electron chi connectivity index (χ4n) is 1.76. The molecule has 2 atom stereocenters. The van der Waals surface area contributed by atoms with Crippen LogP contribution < -0.4 is 10.0 Å². The first-order chi connectivity index (χ1) is 9.38. The number of carboxylic acids is 1. The van der Waals surface area contributed by atoms with Crippen molar-refractivity contribution in [1.82, 2.24) is 10.0 Å². The van der Waals surface area contributed by atoms with Crippen LogP contribution in [0.1, 0.15) is 47.0 Å². The lowest BCUT2D eigenvalue weighted by atomic mass is 9.86. The molecule has 8 heteroatoms. The summed E-state index contributed by atoms with van der Waals surface area (Å²) in [5.41, 5.74) is -0.680. The smallest absolute Gasteiger partial charge is 0.326 e. The van der Waals surface area contributed by atoms with E-state index in [-0.39, 0.29) is 0 Å². The summed E-state index contributed by atoms with van der Waals surface area (Å²) < 4.78 is 25.0. The second-order valence-corrected chi connectivity index (χ2v) is 8.01. The van der Waals surface area contributed by atoms with Crippen molar-refractivity contribution in [2.45, 2.75) is 59.0 Å². The van der Waals surface area contributed by atoms with Crippen molar-refractivity contribution in [3.05, 3.63) is 0 Å². The summed E-state index contributed by atoms with van der Waals surface area (Å²) >= 11 is 0. The molecule has 0 aromatic heterocycles. The van der Waals surface area contributed by atoms with Crippen LogP contribution in [0.2, 0.25) is 0 Å². The molecule has 0 spiro atoms. The van der Waals surface area contributed by atoms with Crippen molar-refractivity contribution >= 4 is 21.9 Å². The van der Waals surface area contributed by atoms with Gasteiger partial charge >= 0.3 is 5.97 Å². The highest BCUT2D eigenvalue weighted by Crippen LogP contribution is 2.20. The Morgan fingerprint density at radius 3 is 2.10 bits per heavy atom. The number of carbonyl (C=O) groups is 2. The van der Waals surface area contributed by atoms with E-state index in [0.29, 0.717) is 12.8 Å². The van der Waals surface area contributed by atoms with E-state index >= 15 is 0 Å². The number of sulfonamides is 1. The molecule has 2 unspecified atom stereocenters. The summed E-state index contributed by atoms with van der Waals surface area (Å²) in [7, 11) is -3.58. The monoisotopic (exact) mass is 322 g/mol. The topological polar surface area (TPSA) is 113 Å². The summed E-state index contributed by atoms with van der Waals surface area (Å²) in [4.78, 5) is 23.4. The van der Waals surface area contributed by atoms with E-state index in [1.807, 2.05) is 6.92 Å². The van der Waals surface area contributed by atoms with Gasteiger partial charge in [0.2, 0.25) is 15.9 Å². The lowest BCUT2D eigenvalue weighted by Gasteiger charge is -2.30. The highest BCUT2D eigenvalue weighted by atomic mass is 32.2. The zero-order valence-corrected chi connectivity index (χ0v) is 14.1. The Balaban J connectivity index is 5.07. The van der Waals surface area contributed by atoms with Gasteiger partial charge in [-0.2, -0.15) is 0 Å². The third-order valence-electron chi connectivity index (χ3n) is 2.92. The van der Waals surface area contributed by atoms with Gasteiger partial charge in [0.25, 0.3) is 0 Å². The normalized spacial score (nSPS) is 15.3. The molecule has 0 saturated heterocycles. The summed E-state index contributed by atoms with van der Waals surface area (Å²) in [5, 5.41) is 11.5. The van der Waals surface area contributed by atoms with Crippen LogP contribution in [0.15, 0.2) is 0 Å². The van der Waals surface area contributed by atoms with Crippen LogP contribution in [-0.4, -0.2) is 43.7 Å². The van der Waals surface area contributed by atoms with Gasteiger partial charge in [-0.05, 0) is 11.8 Å². The van der Waals surface area contributed by atoms with Gasteiger partial charge in [-0.1, -0.05) is 40.5 Å². The Hall–Kier alpha value is -1.15. The molecule has 21 heavy (non-hydrogen) atoms. The minimum atomic E-state index is -3.58. The number of amides is 1. The summed E-state index contributed by atoms with van der Waals surface area (Å²) in [6, 6.07) is -2.04. The number of hydrogen-bond acceptors (Lipinski definition) is 4. The second-order valence-electron chi connectivity index (χ2n) is 6.23. The van der Waals surface area contributed by atoms with Crippen LogP contribution in [0.4, 0.5) is 0 Å². The molecule has 0 aromatic carbocycles. The third kappa shape index (κ3) is 8.01. The number of rotatable bonds is 8. The van der Waals surface area contributed by atoms with Crippen molar-refractivity contribution in [3.8, 4) is 0 Å². The first-order valence-corrected chi connectivity index (χ1v) is 8.78. The summed E-state index contributed by atoms with van der Waals surface area (Å²) in [6.45, 7) is 7.04. The summed E-state index contributed by atoms with van der Waals surface area (Å²) in [5.74, 6) is -1.75. The number of hydrogen-bond donors (Lipinski definition) is 3. The Labute approximate surface area is 126 Å². The van der Waals surface area contributed by atoms with Gasteiger partial charge < -0.3 is 10.4 Å². The average molecular weight is 322 g/mol. The van der Waals surface area contributed by atoms with E-state index in [1.165, 1.54) is 0 Å². The number of carboxylic acid groups (broad SMARTS) is 1. The molecule has 0 bridgehead atoms. The van der Waals surface area contributed by atoms with Gasteiger partial charge in [-0.25, -0.2) is 17.9 Å². The van der Waals surface area contributed by atoms with Crippen LogP contribution in [-0.2, 0) is 19.6 Å². The average Bonchev–Trinajstić information content (AvgIpc) is 2.28. The minimum absolute atomic E-state index is 0.313. The first-order valence-electron chi connectivity index (χ1n) is 6.89. The van der Waals surface area contributed by atoms with E-state index in [1.54, 1.807) is 20.8 Å². The maximum absolute atomic E-state index is 12.2. The van der Waals surface area contributed by atoms with Gasteiger partial charge in [0, 0.05) is 0 Å². The number of nitrogens with one attached hydrogen (secondary N) is 2. The van der Waals surface area contributed by atoms with Gasteiger partial charge in [-0.15, -0.1) is 0 Å². The van der Waals surface area contributed by atoms with Crippen molar-refractivity contribution in [2.75, 3.05) is 6.26 Å². The Kier molecular flexibility index (Phi) is 7.32. The predicted octanol–water partition coefficient (Wildman–Crippen LogP) is 0.710. The molecule has 0 radical (unpaired) electrons. The Morgan fingerprint density at radius 2 is 1.76 bits per heavy atom. The Morgan fingerprint density at radius 1 is 1.24 bits per heavy atom. The lowest BCUT2D eigenvalue weighted by Crippen LogP contribution is -2.56. The van der Waals surface area contributed by atoms with Gasteiger partial charge in [0.05, 0.1) is 6.26 Å². The van der Waals surface area contributed by atoms with Crippen molar-refractivity contribution < 1.29 is 23.1 Å². The second kappa shape index (κ2) is 7.74. The predicted molar refractivity (Wildman–Crippen MR) is 80.3 cm³/mol. The molecule has 7 nitrogen and oxygen atoms in total. The molecular formula is C13H26N2O5S. The zero-order valence-electron chi connectivity index (χ0n) is 13.3. The number of unbranched alkanes of at least 4 members (excludes halogenated alkanes) is 1. The van der Waals surface area contributed by atoms with Crippen LogP contribution in [0.25, 0.3) is 0 Å². The van der Waals surface area contributed by atoms with E-state index in [2.05, 4.69) is 10.0 Å². The van der Waals surface area contributed by atoms with Crippen molar-refractivity contribution in [3.63, 3.8) is 0 Å².